The van der Waals surface area contributed by atoms with Crippen molar-refractivity contribution in [3.8, 4) is 0 Å². The minimum Gasteiger partial charge on any atom is -0.480 e. The van der Waals surface area contributed by atoms with Gasteiger partial charge in [0, 0.05) is 0 Å². The summed E-state index contributed by atoms with van der Waals surface area (Å²) in [6.45, 7) is 1.36. The van der Waals surface area contributed by atoms with Crippen molar-refractivity contribution in [1.82, 2.24) is 0 Å². The van der Waals surface area contributed by atoms with E-state index < -0.39 is 18.5 Å². The molecule has 4 nitrogen and oxygen atoms in total. The van der Waals surface area contributed by atoms with Crippen LogP contribution >= 0.6 is 18.7 Å². The van der Waals surface area contributed by atoms with Crippen LogP contribution in [0.1, 0.15) is 18.1 Å². The van der Waals surface area contributed by atoms with Crippen LogP contribution in [0.25, 0.3) is 0 Å². The molecule has 0 bridgehead atoms. The Hall–Kier alpha value is -1.42. The molecule has 0 fully saturated rings. The molecule has 0 radical (unpaired) electrons. The van der Waals surface area contributed by atoms with Gasteiger partial charge in [0.25, 0.3) is 0 Å². The number of hydrogen-bond donors (Lipinski definition) is 2. The van der Waals surface area contributed by atoms with E-state index >= 15 is 0 Å². The van der Waals surface area contributed by atoms with Crippen LogP contribution in [0.15, 0.2) is 47.2 Å². The monoisotopic (exact) mass is 324 g/mol. The first-order chi connectivity index (χ1) is 9.85. The lowest BCUT2D eigenvalue weighted by atomic mass is 10.0. The number of thiophene rings is 1. The molecule has 6 heteroatoms. The predicted octanol–water partition coefficient (Wildman–Crippen LogP) is 3.60. The minimum absolute atomic E-state index is 0.0481. The number of hydrogen-bond acceptors (Lipinski definition) is 3. The van der Waals surface area contributed by atoms with E-state index in [1.165, 1.54) is 18.3 Å². The van der Waals surface area contributed by atoms with Gasteiger partial charge in [-0.1, -0.05) is 30.3 Å². The van der Waals surface area contributed by atoms with E-state index in [1.807, 2.05) is 16.8 Å². The highest BCUT2D eigenvalue weighted by molar-refractivity contribution is 7.60. The van der Waals surface area contributed by atoms with Crippen LogP contribution in [0.4, 0.5) is 0 Å². The normalized spacial score (nSPS) is 16.9. The first-order valence-electron chi connectivity index (χ1n) is 6.45. The highest BCUT2D eigenvalue weighted by atomic mass is 32.1. The summed E-state index contributed by atoms with van der Waals surface area (Å²) in [5.74, 6) is -1.24. The second-order valence-electron chi connectivity index (χ2n) is 5.23. The summed E-state index contributed by atoms with van der Waals surface area (Å²) in [5.41, 5.74) is 1.44. The number of carboxylic acids is 1. The van der Waals surface area contributed by atoms with E-state index in [2.05, 4.69) is 0 Å². The van der Waals surface area contributed by atoms with Crippen molar-refractivity contribution in [1.29, 1.82) is 0 Å². The second-order valence-corrected chi connectivity index (χ2v) is 8.72. The average Bonchev–Trinajstić information content (AvgIpc) is 2.91. The Morgan fingerprint density at radius 3 is 2.43 bits per heavy atom. The van der Waals surface area contributed by atoms with Gasteiger partial charge in [-0.2, -0.15) is 11.3 Å². The minimum atomic E-state index is -3.93. The summed E-state index contributed by atoms with van der Waals surface area (Å²) in [5, 5.41) is 11.5. The molecule has 2 aromatic rings. The largest absolute Gasteiger partial charge is 0.480 e. The molecule has 1 aromatic heterocycles. The van der Waals surface area contributed by atoms with Gasteiger partial charge in [-0.3, -0.25) is 9.36 Å². The number of carbonyl (C=O) groups is 1. The van der Waals surface area contributed by atoms with Crippen LogP contribution in [-0.4, -0.2) is 21.1 Å². The highest BCUT2D eigenvalue weighted by Crippen LogP contribution is 2.58. The zero-order valence-electron chi connectivity index (χ0n) is 11.6. The summed E-state index contributed by atoms with van der Waals surface area (Å²) >= 11 is 1.44. The standard InChI is InChI=1S/C15H17O4PS/c1-15(14(16)17,9-13-7-8-21-11-13)20(18,19)10-12-5-3-2-4-6-12/h2-8,11H,9-10H2,1H3,(H,16,17)(H,18,19). The lowest BCUT2D eigenvalue weighted by molar-refractivity contribution is -0.139. The fourth-order valence-electron chi connectivity index (χ4n) is 2.14. The van der Waals surface area contributed by atoms with Crippen LogP contribution in [0.2, 0.25) is 0 Å². The second kappa shape index (κ2) is 6.14. The van der Waals surface area contributed by atoms with Crippen molar-refractivity contribution in [3.05, 3.63) is 58.3 Å². The SMILES string of the molecule is CC(Cc1ccsc1)(C(=O)O)P(=O)(O)Cc1ccccc1. The maximum atomic E-state index is 12.8. The van der Waals surface area contributed by atoms with Gasteiger partial charge in [-0.15, -0.1) is 0 Å². The molecule has 2 N–H and O–H groups in total. The molecule has 0 aliphatic rings. The smallest absolute Gasteiger partial charge is 0.319 e. The third-order valence-corrected chi connectivity index (χ3v) is 7.02. The van der Waals surface area contributed by atoms with Crippen LogP contribution < -0.4 is 0 Å². The Balaban J connectivity index is 2.31. The molecule has 2 rings (SSSR count). The number of benzene rings is 1. The lowest BCUT2D eigenvalue weighted by Gasteiger charge is -2.30. The predicted molar refractivity (Wildman–Crippen MR) is 84.0 cm³/mol. The maximum Gasteiger partial charge on any atom is 0.319 e. The molecular formula is C15H17O4PS. The number of aliphatic carboxylic acids is 1. The van der Waals surface area contributed by atoms with Gasteiger partial charge >= 0.3 is 5.97 Å². The van der Waals surface area contributed by atoms with Gasteiger partial charge in [-0.05, 0) is 41.3 Å². The van der Waals surface area contributed by atoms with Gasteiger partial charge < -0.3 is 10.00 Å². The van der Waals surface area contributed by atoms with Gasteiger partial charge in [0.15, 0.2) is 0 Å². The van der Waals surface area contributed by atoms with Crippen molar-refractivity contribution in [3.63, 3.8) is 0 Å². The van der Waals surface area contributed by atoms with Gasteiger partial charge in [0.2, 0.25) is 7.37 Å². The Bertz CT molecular complexity index is 654. The third-order valence-electron chi connectivity index (χ3n) is 3.60. The van der Waals surface area contributed by atoms with Crippen molar-refractivity contribution in [2.75, 3.05) is 0 Å². The first kappa shape index (κ1) is 16.0. The summed E-state index contributed by atoms with van der Waals surface area (Å²) < 4.78 is 12.8. The van der Waals surface area contributed by atoms with Crippen molar-refractivity contribution in [2.45, 2.75) is 24.7 Å². The fraction of sp³-hybridized carbons (Fsp3) is 0.267. The van der Waals surface area contributed by atoms with E-state index in [1.54, 1.807) is 30.3 Å². The van der Waals surface area contributed by atoms with E-state index in [0.717, 1.165) is 5.56 Å². The van der Waals surface area contributed by atoms with E-state index in [-0.39, 0.29) is 12.6 Å². The van der Waals surface area contributed by atoms with Crippen molar-refractivity contribution >= 4 is 24.7 Å². The Morgan fingerprint density at radius 1 is 1.24 bits per heavy atom. The summed E-state index contributed by atoms with van der Waals surface area (Å²) in [6, 6.07) is 10.6. The van der Waals surface area contributed by atoms with Crippen molar-refractivity contribution in [2.24, 2.45) is 0 Å². The molecule has 112 valence electrons. The number of rotatable bonds is 6. The van der Waals surface area contributed by atoms with Crippen LogP contribution in [0, 0.1) is 0 Å². The summed E-state index contributed by atoms with van der Waals surface area (Å²) in [4.78, 5) is 22.1. The summed E-state index contributed by atoms with van der Waals surface area (Å²) in [6.07, 6.45) is -0.0901. The Morgan fingerprint density at radius 2 is 1.90 bits per heavy atom. The molecular weight excluding hydrogens is 307 g/mol. The van der Waals surface area contributed by atoms with E-state index in [0.29, 0.717) is 5.56 Å². The Kier molecular flexibility index (Phi) is 4.67. The number of carboxylic acid groups (broad SMARTS) is 1. The molecule has 2 unspecified atom stereocenters. The molecule has 0 saturated carbocycles. The molecule has 1 aromatic carbocycles. The topological polar surface area (TPSA) is 74.6 Å². The average molecular weight is 324 g/mol. The van der Waals surface area contributed by atoms with Gasteiger partial charge in [0.1, 0.15) is 5.16 Å². The Labute approximate surface area is 127 Å². The third kappa shape index (κ3) is 3.43. The van der Waals surface area contributed by atoms with Gasteiger partial charge in [0.05, 0.1) is 6.16 Å². The maximum absolute atomic E-state index is 12.8. The lowest BCUT2D eigenvalue weighted by Crippen LogP contribution is -2.37. The molecule has 0 saturated heterocycles. The summed E-state index contributed by atoms with van der Waals surface area (Å²) in [7, 11) is -3.93. The fourth-order valence-corrected chi connectivity index (χ4v) is 4.60. The van der Waals surface area contributed by atoms with E-state index in [9.17, 15) is 19.4 Å². The van der Waals surface area contributed by atoms with Crippen molar-refractivity contribution < 1.29 is 19.4 Å². The molecule has 0 aliphatic heterocycles. The molecule has 21 heavy (non-hydrogen) atoms. The van der Waals surface area contributed by atoms with Crippen LogP contribution in [0.3, 0.4) is 0 Å². The van der Waals surface area contributed by atoms with Crippen LogP contribution in [0.5, 0.6) is 0 Å². The molecule has 2 atom stereocenters. The van der Waals surface area contributed by atoms with Gasteiger partial charge in [-0.25, -0.2) is 0 Å². The molecule has 1 heterocycles. The molecule has 0 spiro atoms. The highest BCUT2D eigenvalue weighted by Gasteiger charge is 2.49. The molecule has 0 aliphatic carbocycles. The zero-order chi connectivity index (χ0) is 15.5. The zero-order valence-corrected chi connectivity index (χ0v) is 13.3. The quantitative estimate of drug-likeness (QED) is 0.796. The van der Waals surface area contributed by atoms with E-state index in [4.69, 9.17) is 0 Å². The first-order valence-corrected chi connectivity index (χ1v) is 9.24. The van der Waals surface area contributed by atoms with Crippen LogP contribution in [-0.2, 0) is 21.9 Å². The molecule has 0 amide bonds.